The van der Waals surface area contributed by atoms with Crippen molar-refractivity contribution >= 4 is 45.0 Å². The maximum atomic E-state index is 12.8. The van der Waals surface area contributed by atoms with E-state index in [0.717, 1.165) is 21.1 Å². The van der Waals surface area contributed by atoms with Gasteiger partial charge < -0.3 is 5.32 Å². The summed E-state index contributed by atoms with van der Waals surface area (Å²) < 4.78 is 27.8. The molecule has 3 rings (SSSR count). The van der Waals surface area contributed by atoms with Gasteiger partial charge in [0, 0.05) is 19.8 Å². The molecule has 1 aromatic heterocycles. The van der Waals surface area contributed by atoms with E-state index in [9.17, 15) is 13.2 Å². The number of benzene rings is 2. The van der Waals surface area contributed by atoms with E-state index in [1.807, 2.05) is 30.5 Å². The number of rotatable bonds is 7. The number of nitrogens with one attached hydrogen (secondary N) is 1. The quantitative estimate of drug-likeness (QED) is 0.501. The van der Waals surface area contributed by atoms with Crippen molar-refractivity contribution in [2.24, 2.45) is 0 Å². The normalized spacial score (nSPS) is 12.7. The monoisotopic (exact) mass is 493 g/mol. The molecular formula is C21H24ClN5O3S2. The van der Waals surface area contributed by atoms with Gasteiger partial charge >= 0.3 is 0 Å². The smallest absolute Gasteiger partial charge is 0.244 e. The number of anilines is 1. The molecular weight excluding hydrogens is 470 g/mol. The number of nitrogens with zero attached hydrogens (tertiary/aromatic N) is 4. The second kappa shape index (κ2) is 9.62. The van der Waals surface area contributed by atoms with E-state index in [1.54, 1.807) is 19.3 Å². The van der Waals surface area contributed by atoms with E-state index in [1.165, 1.54) is 38.0 Å². The van der Waals surface area contributed by atoms with Crippen molar-refractivity contribution in [2.45, 2.75) is 36.1 Å². The van der Waals surface area contributed by atoms with Gasteiger partial charge in [0.1, 0.15) is 11.2 Å². The molecule has 3 aromatic rings. The molecule has 1 amide bonds. The van der Waals surface area contributed by atoms with Crippen LogP contribution in [0.2, 0.25) is 5.02 Å². The summed E-state index contributed by atoms with van der Waals surface area (Å²) in [5, 5.41) is 11.0. The highest BCUT2D eigenvalue weighted by molar-refractivity contribution is 8.00. The summed E-state index contributed by atoms with van der Waals surface area (Å²) in [6.07, 6.45) is 1.61. The third-order valence-electron chi connectivity index (χ3n) is 4.74. The summed E-state index contributed by atoms with van der Waals surface area (Å²) in [6, 6.07) is 10.4. The second-order valence-electron chi connectivity index (χ2n) is 7.46. The zero-order chi connectivity index (χ0) is 23.6. The maximum absolute atomic E-state index is 12.8. The molecule has 2 aromatic carbocycles. The number of hydrogen-bond acceptors (Lipinski definition) is 6. The minimum atomic E-state index is -3.75. The first-order valence-electron chi connectivity index (χ1n) is 9.68. The molecule has 0 bridgehead atoms. The molecule has 32 heavy (non-hydrogen) atoms. The number of carbonyl (C=O) groups is 1. The van der Waals surface area contributed by atoms with Crippen LogP contribution in [0.5, 0.6) is 0 Å². The highest BCUT2D eigenvalue weighted by atomic mass is 35.5. The third kappa shape index (κ3) is 5.15. The van der Waals surface area contributed by atoms with E-state index in [2.05, 4.69) is 21.6 Å². The van der Waals surface area contributed by atoms with E-state index in [0.29, 0.717) is 10.8 Å². The first kappa shape index (κ1) is 24.2. The van der Waals surface area contributed by atoms with Crippen molar-refractivity contribution in [2.75, 3.05) is 19.4 Å². The summed E-state index contributed by atoms with van der Waals surface area (Å²) in [5.74, 6) is -0.305. The van der Waals surface area contributed by atoms with Crippen molar-refractivity contribution in [1.29, 1.82) is 0 Å². The van der Waals surface area contributed by atoms with Gasteiger partial charge in [-0.25, -0.2) is 12.7 Å². The Labute approximate surface area is 197 Å². The summed E-state index contributed by atoms with van der Waals surface area (Å²) in [6.45, 7) is 5.78. The van der Waals surface area contributed by atoms with Crippen LogP contribution in [0.1, 0.15) is 18.1 Å². The van der Waals surface area contributed by atoms with Crippen LogP contribution in [0.4, 0.5) is 5.69 Å². The Morgan fingerprint density at radius 1 is 1.19 bits per heavy atom. The minimum absolute atomic E-state index is 0.0723. The van der Waals surface area contributed by atoms with Gasteiger partial charge in [-0.3, -0.25) is 9.36 Å². The molecule has 0 fully saturated rings. The van der Waals surface area contributed by atoms with Crippen molar-refractivity contribution < 1.29 is 13.2 Å². The Hall–Kier alpha value is -2.40. The second-order valence-corrected chi connectivity index (χ2v) is 11.3. The Kier molecular flexibility index (Phi) is 7.29. The summed E-state index contributed by atoms with van der Waals surface area (Å²) in [4.78, 5) is 12.7. The largest absolute Gasteiger partial charge is 0.325 e. The Bertz CT molecular complexity index is 1260. The predicted octanol–water partition coefficient (Wildman–Crippen LogP) is 3.91. The van der Waals surface area contributed by atoms with Crippen LogP contribution in [-0.2, 0) is 14.8 Å². The maximum Gasteiger partial charge on any atom is 0.244 e. The molecule has 11 heteroatoms. The number of carbonyl (C=O) groups excluding carboxylic acids is 1. The van der Waals surface area contributed by atoms with Crippen molar-refractivity contribution in [3.63, 3.8) is 0 Å². The van der Waals surface area contributed by atoms with Crippen molar-refractivity contribution in [1.82, 2.24) is 19.1 Å². The fraction of sp³-hybridized carbons (Fsp3) is 0.286. The number of thioether (sulfide) groups is 1. The Morgan fingerprint density at radius 3 is 2.56 bits per heavy atom. The molecule has 0 spiro atoms. The summed E-state index contributed by atoms with van der Waals surface area (Å²) >= 11 is 7.33. The Balaban J connectivity index is 1.78. The molecule has 0 aliphatic rings. The van der Waals surface area contributed by atoms with Crippen molar-refractivity contribution in [3.05, 3.63) is 58.9 Å². The van der Waals surface area contributed by atoms with Gasteiger partial charge in [0.15, 0.2) is 5.16 Å². The fourth-order valence-electron chi connectivity index (χ4n) is 2.98. The minimum Gasteiger partial charge on any atom is -0.325 e. The molecule has 0 radical (unpaired) electrons. The lowest BCUT2D eigenvalue weighted by Gasteiger charge is -2.16. The summed E-state index contributed by atoms with van der Waals surface area (Å²) in [7, 11) is -0.911. The SMILES string of the molecule is Cc1ccc(-n2cnnc2SC(C)C(=O)Nc2ccc(Cl)c(S(=O)(=O)N(C)C)c2)c(C)c1. The standard InChI is InChI=1S/C21H24ClN5O3S2/c1-13-6-9-18(14(2)10-13)27-12-23-25-21(27)31-15(3)20(28)24-16-7-8-17(22)19(11-16)32(29,30)26(4)5/h6-12,15H,1-5H3,(H,24,28). The number of amides is 1. The first-order valence-corrected chi connectivity index (χ1v) is 12.4. The van der Waals surface area contributed by atoms with Crippen LogP contribution in [-0.4, -0.2) is 52.7 Å². The number of aromatic nitrogens is 3. The van der Waals surface area contributed by atoms with Gasteiger partial charge in [-0.1, -0.05) is 41.1 Å². The lowest BCUT2D eigenvalue weighted by atomic mass is 10.1. The van der Waals surface area contributed by atoms with Gasteiger partial charge in [-0.2, -0.15) is 0 Å². The lowest BCUT2D eigenvalue weighted by Crippen LogP contribution is -2.24. The van der Waals surface area contributed by atoms with Gasteiger partial charge in [-0.05, 0) is 50.6 Å². The van der Waals surface area contributed by atoms with Crippen LogP contribution < -0.4 is 5.32 Å². The van der Waals surface area contributed by atoms with E-state index in [-0.39, 0.29) is 15.8 Å². The van der Waals surface area contributed by atoms with Gasteiger partial charge in [-0.15, -0.1) is 10.2 Å². The van der Waals surface area contributed by atoms with Crippen LogP contribution >= 0.6 is 23.4 Å². The number of aryl methyl sites for hydroxylation is 2. The van der Waals surface area contributed by atoms with Crippen LogP contribution in [0.15, 0.2) is 52.8 Å². The van der Waals surface area contributed by atoms with E-state index in [4.69, 9.17) is 11.6 Å². The Morgan fingerprint density at radius 2 is 1.91 bits per heavy atom. The average molecular weight is 494 g/mol. The molecule has 1 N–H and O–H groups in total. The average Bonchev–Trinajstić information content (AvgIpc) is 3.16. The van der Waals surface area contributed by atoms with Gasteiger partial charge in [0.05, 0.1) is 16.0 Å². The molecule has 8 nitrogen and oxygen atoms in total. The third-order valence-corrected chi connectivity index (χ3v) is 8.09. The molecule has 0 aliphatic carbocycles. The fourth-order valence-corrected chi connectivity index (χ4v) is 5.21. The predicted molar refractivity (Wildman–Crippen MR) is 127 cm³/mol. The highest BCUT2D eigenvalue weighted by Crippen LogP contribution is 2.29. The van der Waals surface area contributed by atoms with Crippen LogP contribution in [0.25, 0.3) is 5.69 Å². The first-order chi connectivity index (χ1) is 15.0. The molecule has 1 heterocycles. The van der Waals surface area contributed by atoms with E-state index < -0.39 is 15.3 Å². The number of hydrogen-bond donors (Lipinski definition) is 1. The summed E-state index contributed by atoms with van der Waals surface area (Å²) in [5.41, 5.74) is 3.49. The lowest BCUT2D eigenvalue weighted by molar-refractivity contribution is -0.115. The zero-order valence-corrected chi connectivity index (χ0v) is 20.7. The molecule has 0 saturated carbocycles. The molecule has 1 unspecified atom stereocenters. The molecule has 170 valence electrons. The zero-order valence-electron chi connectivity index (χ0n) is 18.3. The number of halogens is 1. The number of sulfonamides is 1. The van der Waals surface area contributed by atoms with Gasteiger partial charge in [0.25, 0.3) is 0 Å². The van der Waals surface area contributed by atoms with Crippen LogP contribution in [0, 0.1) is 13.8 Å². The van der Waals surface area contributed by atoms with E-state index >= 15 is 0 Å². The van der Waals surface area contributed by atoms with Gasteiger partial charge in [0.2, 0.25) is 15.9 Å². The topological polar surface area (TPSA) is 97.2 Å². The van der Waals surface area contributed by atoms with Crippen LogP contribution in [0.3, 0.4) is 0 Å². The molecule has 1 atom stereocenters. The van der Waals surface area contributed by atoms with Crippen molar-refractivity contribution in [3.8, 4) is 5.69 Å². The highest BCUT2D eigenvalue weighted by Gasteiger charge is 2.23. The molecule has 0 saturated heterocycles. The molecule has 0 aliphatic heterocycles.